The lowest BCUT2D eigenvalue weighted by Gasteiger charge is -2.38. The van der Waals surface area contributed by atoms with Gasteiger partial charge >= 0.3 is 15.6 Å². The molecule has 0 spiro atoms. The molecule has 0 aromatic heterocycles. The van der Waals surface area contributed by atoms with Gasteiger partial charge in [-0.2, -0.15) is 21.6 Å². The van der Waals surface area contributed by atoms with E-state index in [-0.39, 0.29) is 5.39 Å². The van der Waals surface area contributed by atoms with Crippen LogP contribution in [0.4, 0.5) is 17.6 Å². The van der Waals surface area contributed by atoms with Gasteiger partial charge in [-0.15, -0.1) is 0 Å². The highest BCUT2D eigenvalue weighted by Crippen LogP contribution is 2.45. The van der Waals surface area contributed by atoms with Gasteiger partial charge in [-0.3, -0.25) is 0 Å². The maximum absolute atomic E-state index is 14.8. The van der Waals surface area contributed by atoms with Crippen LogP contribution in [0.15, 0.2) is 30.3 Å². The SMILES string of the molecule is CCCCCC1CCC(C2CCC(c3ccc4c(F)c(OS(=O)(=O)C(F)(F)F)ccc4c3)CC2)CC1. The summed E-state index contributed by atoms with van der Waals surface area (Å²) in [6, 6.07) is 7.54. The normalized spacial score (nSPS) is 25.7. The van der Waals surface area contributed by atoms with E-state index in [0.717, 1.165) is 42.2 Å². The lowest BCUT2D eigenvalue weighted by molar-refractivity contribution is -0.0500. The molecule has 36 heavy (non-hydrogen) atoms. The fourth-order valence-corrected chi connectivity index (χ4v) is 6.79. The molecular weight excluding hydrogens is 492 g/mol. The summed E-state index contributed by atoms with van der Waals surface area (Å²) in [6.45, 7) is 2.26. The van der Waals surface area contributed by atoms with Crippen LogP contribution in [-0.2, 0) is 10.1 Å². The van der Waals surface area contributed by atoms with Crippen LogP contribution in [-0.4, -0.2) is 13.9 Å². The van der Waals surface area contributed by atoms with Crippen molar-refractivity contribution in [1.82, 2.24) is 0 Å². The molecule has 2 aliphatic carbocycles. The largest absolute Gasteiger partial charge is 0.534 e. The Kier molecular flexibility index (Phi) is 8.52. The molecule has 2 aromatic rings. The Labute approximate surface area is 211 Å². The van der Waals surface area contributed by atoms with Gasteiger partial charge in [-0.05, 0) is 79.2 Å². The molecule has 0 unspecified atom stereocenters. The van der Waals surface area contributed by atoms with Crippen molar-refractivity contribution in [3.8, 4) is 5.75 Å². The van der Waals surface area contributed by atoms with Gasteiger partial charge in [0.15, 0.2) is 11.6 Å². The highest BCUT2D eigenvalue weighted by molar-refractivity contribution is 7.88. The molecule has 0 heterocycles. The van der Waals surface area contributed by atoms with Gasteiger partial charge in [0.1, 0.15) is 0 Å². The van der Waals surface area contributed by atoms with E-state index in [0.29, 0.717) is 11.3 Å². The van der Waals surface area contributed by atoms with Crippen LogP contribution in [0.1, 0.15) is 95.5 Å². The minimum atomic E-state index is -5.93. The van der Waals surface area contributed by atoms with Crippen molar-refractivity contribution in [2.45, 2.75) is 95.4 Å². The standard InChI is InChI=1S/C28H36F4O3S/c1-2-3-4-5-19-6-8-20(9-7-19)21-10-12-22(13-11-21)23-14-16-25-24(18-23)15-17-26(27(25)29)35-36(33,34)28(30,31)32/h14-22H,2-13H2,1H3. The molecule has 200 valence electrons. The molecule has 0 radical (unpaired) electrons. The summed E-state index contributed by atoms with van der Waals surface area (Å²) in [5.41, 5.74) is -4.53. The van der Waals surface area contributed by atoms with E-state index in [1.807, 2.05) is 6.07 Å². The predicted molar refractivity (Wildman–Crippen MR) is 134 cm³/mol. The second kappa shape index (κ2) is 11.3. The first-order valence-electron chi connectivity index (χ1n) is 13.3. The van der Waals surface area contributed by atoms with Gasteiger partial charge in [0, 0.05) is 5.39 Å². The first-order valence-corrected chi connectivity index (χ1v) is 14.7. The monoisotopic (exact) mass is 528 g/mol. The first kappa shape index (κ1) is 27.2. The van der Waals surface area contributed by atoms with Crippen LogP contribution in [0.25, 0.3) is 10.8 Å². The Bertz CT molecular complexity index is 1130. The predicted octanol–water partition coefficient (Wildman–Crippen LogP) is 8.87. The lowest BCUT2D eigenvalue weighted by atomic mass is 9.68. The first-order chi connectivity index (χ1) is 17.1. The molecule has 0 aliphatic heterocycles. The molecule has 4 rings (SSSR count). The van der Waals surface area contributed by atoms with Gasteiger partial charge in [0.2, 0.25) is 0 Å². The van der Waals surface area contributed by atoms with Crippen LogP contribution in [0.5, 0.6) is 5.75 Å². The Hall–Kier alpha value is -1.83. The van der Waals surface area contributed by atoms with Crippen molar-refractivity contribution in [3.05, 3.63) is 41.7 Å². The molecule has 3 nitrogen and oxygen atoms in total. The van der Waals surface area contributed by atoms with E-state index in [2.05, 4.69) is 11.1 Å². The van der Waals surface area contributed by atoms with Gasteiger partial charge in [-0.1, -0.05) is 69.7 Å². The fourth-order valence-electron chi connectivity index (χ4n) is 6.33. The van der Waals surface area contributed by atoms with Crippen molar-refractivity contribution in [3.63, 3.8) is 0 Å². The summed E-state index contributed by atoms with van der Waals surface area (Å²) in [4.78, 5) is 0. The van der Waals surface area contributed by atoms with E-state index in [9.17, 15) is 26.0 Å². The van der Waals surface area contributed by atoms with Gasteiger partial charge < -0.3 is 4.18 Å². The summed E-state index contributed by atoms with van der Waals surface area (Å²) < 4.78 is 79.2. The third-order valence-corrected chi connectivity index (χ3v) is 9.41. The van der Waals surface area contributed by atoms with Crippen molar-refractivity contribution >= 4 is 20.9 Å². The average molecular weight is 529 g/mol. The van der Waals surface area contributed by atoms with Crippen molar-refractivity contribution in [2.24, 2.45) is 17.8 Å². The Morgan fingerprint density at radius 2 is 1.53 bits per heavy atom. The summed E-state index contributed by atoms with van der Waals surface area (Å²) in [6.07, 6.45) is 15.4. The molecule has 2 aliphatic rings. The summed E-state index contributed by atoms with van der Waals surface area (Å²) in [5.74, 6) is 0.854. The molecule has 8 heteroatoms. The highest BCUT2D eigenvalue weighted by atomic mass is 32.2. The zero-order valence-corrected chi connectivity index (χ0v) is 21.6. The molecule has 2 saturated carbocycles. The van der Waals surface area contributed by atoms with E-state index >= 15 is 0 Å². The number of unbranched alkanes of at least 4 members (excludes halogenated alkanes) is 2. The Morgan fingerprint density at radius 3 is 2.14 bits per heavy atom. The van der Waals surface area contributed by atoms with Crippen molar-refractivity contribution < 1.29 is 30.2 Å². The molecular formula is C28H36F4O3S. The van der Waals surface area contributed by atoms with Gasteiger partial charge in [0.05, 0.1) is 0 Å². The molecule has 2 fully saturated rings. The average Bonchev–Trinajstić information content (AvgIpc) is 2.85. The summed E-state index contributed by atoms with van der Waals surface area (Å²) in [7, 11) is -5.93. The zero-order valence-electron chi connectivity index (χ0n) is 20.8. The third kappa shape index (κ3) is 6.17. The molecule has 0 N–H and O–H groups in total. The third-order valence-electron chi connectivity index (χ3n) is 8.44. The molecule has 0 saturated heterocycles. The van der Waals surface area contributed by atoms with Crippen LogP contribution < -0.4 is 4.18 Å². The topological polar surface area (TPSA) is 43.4 Å². The molecule has 0 bridgehead atoms. The van der Waals surface area contributed by atoms with Gasteiger partial charge in [0.25, 0.3) is 0 Å². The minimum Gasteiger partial charge on any atom is -0.373 e. The number of hydrogen-bond acceptors (Lipinski definition) is 3. The second-order valence-corrected chi connectivity index (χ2v) is 12.3. The maximum Gasteiger partial charge on any atom is 0.534 e. The Balaban J connectivity index is 1.35. The summed E-state index contributed by atoms with van der Waals surface area (Å²) in [5, 5.41) is 0.559. The van der Waals surface area contributed by atoms with Crippen LogP contribution in [0.2, 0.25) is 0 Å². The number of benzene rings is 2. The Morgan fingerprint density at radius 1 is 0.889 bits per heavy atom. The van der Waals surface area contributed by atoms with Gasteiger partial charge in [-0.25, -0.2) is 4.39 Å². The highest BCUT2D eigenvalue weighted by Gasteiger charge is 2.49. The summed E-state index contributed by atoms with van der Waals surface area (Å²) >= 11 is 0. The fraction of sp³-hybridized carbons (Fsp3) is 0.643. The van der Waals surface area contributed by atoms with Crippen LogP contribution in [0.3, 0.4) is 0 Å². The van der Waals surface area contributed by atoms with Crippen LogP contribution in [0, 0.1) is 23.6 Å². The van der Waals surface area contributed by atoms with E-state index in [1.165, 1.54) is 76.3 Å². The molecule has 2 aromatic carbocycles. The molecule has 0 atom stereocenters. The lowest BCUT2D eigenvalue weighted by Crippen LogP contribution is -2.28. The smallest absolute Gasteiger partial charge is 0.373 e. The van der Waals surface area contributed by atoms with E-state index in [4.69, 9.17) is 0 Å². The van der Waals surface area contributed by atoms with E-state index in [1.54, 1.807) is 6.07 Å². The molecule has 0 amide bonds. The second-order valence-electron chi connectivity index (χ2n) is 10.7. The van der Waals surface area contributed by atoms with E-state index < -0.39 is 27.2 Å². The van der Waals surface area contributed by atoms with Crippen molar-refractivity contribution in [2.75, 3.05) is 0 Å². The zero-order chi connectivity index (χ0) is 25.9. The number of rotatable bonds is 8. The number of fused-ring (bicyclic) bond motifs is 1. The number of hydrogen-bond donors (Lipinski definition) is 0. The van der Waals surface area contributed by atoms with Crippen LogP contribution >= 0.6 is 0 Å². The quantitative estimate of drug-likeness (QED) is 0.149. The minimum absolute atomic E-state index is 0.0398. The number of halogens is 4. The van der Waals surface area contributed by atoms with Crippen molar-refractivity contribution in [1.29, 1.82) is 0 Å². The maximum atomic E-state index is 14.8. The number of alkyl halides is 3.